The fraction of sp³-hybridized carbons (Fsp3) is 0.474. The molecule has 144 valence electrons. The van der Waals surface area contributed by atoms with Crippen molar-refractivity contribution in [3.63, 3.8) is 0 Å². The number of allylic oxidation sites excluding steroid dienone is 1. The van der Waals surface area contributed by atoms with Gasteiger partial charge in [0, 0.05) is 45.0 Å². The topological polar surface area (TPSA) is 90.6 Å². The van der Waals surface area contributed by atoms with E-state index in [1.54, 1.807) is 22.1 Å². The molecule has 1 aromatic rings. The lowest BCUT2D eigenvalue weighted by molar-refractivity contribution is -0.129. The number of carbonyl (C=O) groups is 2. The van der Waals surface area contributed by atoms with Gasteiger partial charge >= 0.3 is 0 Å². The number of nitrogens with zero attached hydrogens (tertiary/aromatic N) is 2. The van der Waals surface area contributed by atoms with Gasteiger partial charge in [0.05, 0.1) is 4.90 Å². The number of hydrogen-bond donors (Lipinski definition) is 1. The average Bonchev–Trinajstić information content (AvgIpc) is 3.32. The zero-order chi connectivity index (χ0) is 19.3. The summed E-state index contributed by atoms with van der Waals surface area (Å²) in [7, 11) is -3.62. The van der Waals surface area contributed by atoms with Gasteiger partial charge in [-0.3, -0.25) is 9.59 Å². The fourth-order valence-corrected chi connectivity index (χ4v) is 5.82. The van der Waals surface area contributed by atoms with Crippen LogP contribution in [0.15, 0.2) is 40.6 Å². The molecule has 0 spiro atoms. The quantitative estimate of drug-likeness (QED) is 0.614. The van der Waals surface area contributed by atoms with Crippen molar-refractivity contribution in [3.8, 4) is 0 Å². The van der Waals surface area contributed by atoms with E-state index in [2.05, 4.69) is 4.98 Å². The highest BCUT2D eigenvalue weighted by atomic mass is 32.2. The zero-order valence-corrected chi connectivity index (χ0v) is 16.3. The highest BCUT2D eigenvalue weighted by molar-refractivity contribution is 7.93. The van der Waals surface area contributed by atoms with E-state index < -0.39 is 15.1 Å². The summed E-state index contributed by atoms with van der Waals surface area (Å²) in [6.07, 6.45) is 6.81. The van der Waals surface area contributed by atoms with E-state index in [9.17, 15) is 18.0 Å². The van der Waals surface area contributed by atoms with Gasteiger partial charge in [0.25, 0.3) is 0 Å². The Bertz CT molecular complexity index is 953. The van der Waals surface area contributed by atoms with Gasteiger partial charge in [0.2, 0.25) is 11.8 Å². The van der Waals surface area contributed by atoms with Gasteiger partial charge in [-0.2, -0.15) is 0 Å². The van der Waals surface area contributed by atoms with Crippen LogP contribution in [0.3, 0.4) is 0 Å². The minimum atomic E-state index is -3.62. The molecule has 7 nitrogen and oxygen atoms in total. The number of sulfone groups is 1. The van der Waals surface area contributed by atoms with E-state index in [-0.39, 0.29) is 23.1 Å². The fourth-order valence-electron chi connectivity index (χ4n) is 3.96. The number of hydrogen-bond acceptors (Lipinski definition) is 4. The molecule has 8 heteroatoms. The molecular weight excluding hydrogens is 366 g/mol. The van der Waals surface area contributed by atoms with Crippen molar-refractivity contribution in [1.29, 1.82) is 0 Å². The van der Waals surface area contributed by atoms with Crippen LogP contribution in [0.2, 0.25) is 0 Å². The van der Waals surface area contributed by atoms with Crippen molar-refractivity contribution in [2.75, 3.05) is 26.2 Å². The van der Waals surface area contributed by atoms with Gasteiger partial charge in [0.1, 0.15) is 5.25 Å². The maximum absolute atomic E-state index is 12.9. The molecule has 27 heavy (non-hydrogen) atoms. The number of nitrogens with one attached hydrogen (secondary N) is 1. The summed E-state index contributed by atoms with van der Waals surface area (Å²) in [5, 5.41) is -1.02. The predicted molar refractivity (Wildman–Crippen MR) is 99.6 cm³/mol. The van der Waals surface area contributed by atoms with E-state index >= 15 is 0 Å². The molecule has 4 heterocycles. The van der Waals surface area contributed by atoms with Gasteiger partial charge in [-0.1, -0.05) is 19.9 Å². The SMILES string of the molecule is CC(C)/C=C/C(=O)N1CC2=C(C1)CN(C(=O)C1Cc3c[nH]cc3S1(=O)=O)C2. The molecular formula is C19H23N3O4S. The zero-order valence-electron chi connectivity index (χ0n) is 15.4. The number of rotatable bonds is 3. The number of carbonyl (C=O) groups excluding carboxylic acids is 2. The Balaban J connectivity index is 1.39. The molecule has 0 aromatic carbocycles. The molecule has 3 aliphatic rings. The van der Waals surface area contributed by atoms with E-state index in [1.807, 2.05) is 19.9 Å². The van der Waals surface area contributed by atoms with Crippen LogP contribution < -0.4 is 0 Å². The Morgan fingerprint density at radius 3 is 2.33 bits per heavy atom. The van der Waals surface area contributed by atoms with Crippen LogP contribution in [-0.2, 0) is 25.8 Å². The standard InChI is InChI=1S/C19H23N3O4S/c1-12(2)3-4-18(23)21-8-14-10-22(11-15(14)9-21)19(24)16-5-13-6-20-7-17(13)27(16,25)26/h3-4,6-7,12,16,20H,5,8-11H2,1-2H3/b4-3+. The molecule has 1 atom stereocenters. The van der Waals surface area contributed by atoms with Crippen LogP contribution in [0.25, 0.3) is 0 Å². The lowest BCUT2D eigenvalue weighted by atomic mass is 10.2. The second kappa shape index (κ2) is 6.37. The van der Waals surface area contributed by atoms with E-state index in [4.69, 9.17) is 0 Å². The van der Waals surface area contributed by atoms with Gasteiger partial charge in [-0.05, 0) is 28.7 Å². The molecule has 0 saturated carbocycles. The molecule has 0 bridgehead atoms. The van der Waals surface area contributed by atoms with Gasteiger partial charge < -0.3 is 14.8 Å². The molecule has 1 N–H and O–H groups in total. The van der Waals surface area contributed by atoms with Crippen molar-refractivity contribution in [2.24, 2.45) is 5.92 Å². The van der Waals surface area contributed by atoms with E-state index in [0.29, 0.717) is 37.7 Å². The highest BCUT2D eigenvalue weighted by Crippen LogP contribution is 2.34. The van der Waals surface area contributed by atoms with Crippen molar-refractivity contribution < 1.29 is 18.0 Å². The minimum Gasteiger partial charge on any atom is -0.366 e. The summed E-state index contributed by atoms with van der Waals surface area (Å²) < 4.78 is 25.2. The first kappa shape index (κ1) is 18.0. The highest BCUT2D eigenvalue weighted by Gasteiger charge is 2.46. The van der Waals surface area contributed by atoms with Crippen LogP contribution in [0.5, 0.6) is 0 Å². The molecule has 3 aliphatic heterocycles. The summed E-state index contributed by atoms with van der Waals surface area (Å²) in [5.41, 5.74) is 2.80. The van der Waals surface area contributed by atoms with Gasteiger partial charge in [-0.15, -0.1) is 0 Å². The lowest BCUT2D eigenvalue weighted by Gasteiger charge is -2.24. The minimum absolute atomic E-state index is 0.0199. The summed E-state index contributed by atoms with van der Waals surface area (Å²) >= 11 is 0. The Hall–Kier alpha value is -2.35. The molecule has 1 aromatic heterocycles. The molecule has 0 aliphatic carbocycles. The van der Waals surface area contributed by atoms with Crippen molar-refractivity contribution in [3.05, 3.63) is 41.3 Å². The molecule has 2 amide bonds. The third-order valence-corrected chi connectivity index (χ3v) is 7.53. The maximum Gasteiger partial charge on any atom is 0.246 e. The predicted octanol–water partition coefficient (Wildman–Crippen LogP) is 0.906. The van der Waals surface area contributed by atoms with Gasteiger partial charge in [-0.25, -0.2) is 8.42 Å². The second-order valence-electron chi connectivity index (χ2n) is 7.78. The number of fused-ring (bicyclic) bond motifs is 1. The first-order valence-corrected chi connectivity index (χ1v) is 10.7. The van der Waals surface area contributed by atoms with E-state index in [0.717, 1.165) is 11.1 Å². The van der Waals surface area contributed by atoms with Crippen LogP contribution >= 0.6 is 0 Å². The molecule has 0 fully saturated rings. The Morgan fingerprint density at radius 1 is 1.11 bits per heavy atom. The average molecular weight is 389 g/mol. The first-order valence-electron chi connectivity index (χ1n) is 9.12. The molecule has 0 saturated heterocycles. The van der Waals surface area contributed by atoms with Crippen LogP contribution in [-0.4, -0.2) is 66.4 Å². The monoisotopic (exact) mass is 389 g/mol. The smallest absolute Gasteiger partial charge is 0.246 e. The third kappa shape index (κ3) is 3.01. The van der Waals surface area contributed by atoms with Crippen molar-refractivity contribution in [1.82, 2.24) is 14.8 Å². The van der Waals surface area contributed by atoms with Crippen molar-refractivity contribution >= 4 is 21.7 Å². The lowest BCUT2D eigenvalue weighted by Crippen LogP contribution is -2.43. The Labute approximate surface area is 158 Å². The number of aromatic nitrogens is 1. The number of aromatic amines is 1. The molecule has 0 radical (unpaired) electrons. The molecule has 1 unspecified atom stereocenters. The number of amides is 2. The van der Waals surface area contributed by atoms with E-state index in [1.165, 1.54) is 6.20 Å². The van der Waals surface area contributed by atoms with Crippen LogP contribution in [0, 0.1) is 5.92 Å². The van der Waals surface area contributed by atoms with Crippen molar-refractivity contribution in [2.45, 2.75) is 30.4 Å². The second-order valence-corrected chi connectivity index (χ2v) is 9.88. The summed E-state index contributed by atoms with van der Waals surface area (Å²) in [6.45, 7) is 5.88. The third-order valence-electron chi connectivity index (χ3n) is 5.42. The molecule has 4 rings (SSSR count). The summed E-state index contributed by atoms with van der Waals surface area (Å²) in [4.78, 5) is 31.5. The Kier molecular flexibility index (Phi) is 4.25. The maximum atomic E-state index is 12.9. The normalized spacial score (nSPS) is 23.6. The largest absolute Gasteiger partial charge is 0.366 e. The first-order chi connectivity index (χ1) is 12.8. The van der Waals surface area contributed by atoms with Gasteiger partial charge in [0.15, 0.2) is 9.84 Å². The summed E-state index contributed by atoms with van der Waals surface area (Å²) in [6, 6.07) is 0. The van der Waals surface area contributed by atoms with Crippen LogP contribution in [0.4, 0.5) is 0 Å². The number of H-pyrrole nitrogens is 1. The summed E-state index contributed by atoms with van der Waals surface area (Å²) in [5.74, 6) is -0.0375. The van der Waals surface area contributed by atoms with Crippen LogP contribution in [0.1, 0.15) is 19.4 Å². The Morgan fingerprint density at radius 2 is 1.74 bits per heavy atom.